The summed E-state index contributed by atoms with van der Waals surface area (Å²) in [5.74, 6) is 0. The second kappa shape index (κ2) is 60.9. The van der Waals surface area contributed by atoms with Gasteiger partial charge in [-0.15, -0.1) is 0 Å². The highest BCUT2D eigenvalue weighted by Gasteiger charge is 2.59. The van der Waals surface area contributed by atoms with Crippen molar-refractivity contribution in [2.75, 3.05) is 79.3 Å². The van der Waals surface area contributed by atoms with Gasteiger partial charge in [0.15, 0.2) is 16.6 Å². The Labute approximate surface area is 740 Å². The van der Waals surface area contributed by atoms with Crippen LogP contribution in [0.25, 0.3) is 0 Å². The van der Waals surface area contributed by atoms with Crippen molar-refractivity contribution < 1.29 is 167 Å². The highest BCUT2D eigenvalue weighted by atomic mass is 31.2. The lowest BCUT2D eigenvalue weighted by Crippen LogP contribution is -2.48. The zero-order chi connectivity index (χ0) is 98.2. The monoisotopic (exact) mass is 1990 g/mol. The minimum absolute atomic E-state index is 0.0170. The smallest absolute Gasteiger partial charge is 0.404 e. The van der Waals surface area contributed by atoms with E-state index in [1.54, 1.807) is 109 Å². The van der Waals surface area contributed by atoms with Crippen LogP contribution in [0.3, 0.4) is 0 Å². The first kappa shape index (κ1) is 130. The first-order valence-corrected chi connectivity index (χ1v) is 68.1. The number of hydrogen-bond donors (Lipinski definition) is 0. The summed E-state index contributed by atoms with van der Waals surface area (Å²) in [6, 6.07) is 4.04. The van der Waals surface area contributed by atoms with E-state index in [2.05, 4.69) is 0 Å². The average molecular weight is 1990 g/mol. The lowest BCUT2D eigenvalue weighted by molar-refractivity contribution is 0.162. The van der Waals surface area contributed by atoms with E-state index in [-0.39, 0.29) is 112 Å². The van der Waals surface area contributed by atoms with Crippen molar-refractivity contribution in [1.82, 2.24) is 0 Å². The fourth-order valence-corrected chi connectivity index (χ4v) is 49.8. The molecule has 0 N–H and O–H groups in total. The molecule has 0 atom stereocenters. The van der Waals surface area contributed by atoms with Crippen molar-refractivity contribution in [2.45, 2.75) is 336 Å². The summed E-state index contributed by atoms with van der Waals surface area (Å²) in [5, 5.41) is -0.304. The third-order valence-corrected chi connectivity index (χ3v) is 64.5. The quantitative estimate of drug-likeness (QED) is 0.0310. The van der Waals surface area contributed by atoms with Crippen LogP contribution in [0.15, 0.2) is 0 Å². The van der Waals surface area contributed by atoms with Gasteiger partial charge in [-0.3, -0.25) is 27.4 Å². The second-order valence-corrected chi connectivity index (χ2v) is 73.8. The minimum atomic E-state index is -4.38. The number of rotatable bonds is 49. The largest absolute Gasteiger partial charge is 0.458 e. The zero-order valence-electron chi connectivity index (χ0n) is 80.9. The van der Waals surface area contributed by atoms with Gasteiger partial charge in [-0.25, -0.2) is 57.5 Å². The maximum Gasteiger partial charge on any atom is 0.404 e. The molecule has 0 aliphatic heterocycles. The molecule has 0 aliphatic carbocycles. The van der Waals surface area contributed by atoms with Crippen LogP contribution in [-0.4, -0.2) is 198 Å². The molecule has 0 aliphatic rings. The first-order chi connectivity index (χ1) is 56.4. The maximum absolute atomic E-state index is 13.2. The predicted molar refractivity (Wildman–Crippen MR) is 493 cm³/mol. The topological polar surface area (TPSA) is 473 Å². The summed E-state index contributed by atoms with van der Waals surface area (Å²) in [6.45, 7) is 67.0. The van der Waals surface area contributed by atoms with Gasteiger partial charge in [0.1, 0.15) is 0 Å². The lowest BCUT2D eigenvalue weighted by Gasteiger charge is -2.42. The maximum atomic E-state index is 13.2. The van der Waals surface area contributed by atoms with E-state index in [1.807, 2.05) is 145 Å². The van der Waals surface area contributed by atoms with Crippen molar-refractivity contribution in [3.8, 4) is 0 Å². The van der Waals surface area contributed by atoms with Crippen LogP contribution in [0.5, 0.6) is 0 Å². The molecule has 0 heterocycles. The molecule has 0 bridgehead atoms. The van der Waals surface area contributed by atoms with E-state index in [1.165, 1.54) is 0 Å². The molecule has 0 rings (SSSR count). The van der Waals surface area contributed by atoms with E-state index >= 15 is 0 Å². The van der Waals surface area contributed by atoms with Crippen molar-refractivity contribution in [3.05, 3.63) is 0 Å². The summed E-state index contributed by atoms with van der Waals surface area (Å²) in [7, 11) is -40.9. The van der Waals surface area contributed by atoms with Crippen LogP contribution in [0, 0.1) is 0 Å². The molecule has 726 valence electrons. The fraction of sp³-hybridized carbons (Fsp3) is 0.840. The van der Waals surface area contributed by atoms with Gasteiger partial charge in [-0.2, -0.15) is 0 Å². The Morgan fingerprint density at radius 2 is 0.463 bits per heavy atom. The molecule has 123 heavy (non-hydrogen) atoms. The molecule has 0 aromatic rings. The van der Waals surface area contributed by atoms with Crippen LogP contribution in [0.4, 0.5) is 57.5 Å². The molecule has 0 radical (unpaired) electrons. The average Bonchev–Trinajstić information content (AvgIpc) is 0.774. The third kappa shape index (κ3) is 40.1. The standard InChI is InChI=1S/C15H31O6PSi.C13H27O6PSi.3C12H25O6PSi.C11H23O6PSi/c1-9-19-14(16)22(18,15(17)20-10-2)21-23(11(3)4,12(5)6)13(7)8;1-7-17-12(14)20(16,13(15)18-8-2)19-21(9-3,10-4)11(5)6;1-8-16-10(13)19(15,11(14)17-9-2)18-20(6,7)12(3,4)5;1-6-9-10-20(4,5)18-19(15,11(13)16-7-2)12(14)17-8-3;1-6-16-11(13)19(15,12(14)17-7-2)18-20(8-3,9-4)10-5;1-7-15-10(12)18(14,11(13)16-8-2)17-19(5,6)9(3)4/h11-13H,9-10H2,1-8H3;11H,7-10H2,1-6H3;8-9H2,1-7H3;2*6-10H2,1-5H3;9H,7-8H2,1-6H3. The van der Waals surface area contributed by atoms with Gasteiger partial charge in [-0.1, -0.05) is 144 Å². The number of ether oxygens (including phenoxy) is 12. The summed E-state index contributed by atoms with van der Waals surface area (Å²) >= 11 is 0. The van der Waals surface area contributed by atoms with Gasteiger partial charge in [0.05, 0.1) is 79.3 Å². The molecule has 0 aromatic heterocycles. The van der Waals surface area contributed by atoms with Crippen LogP contribution in [0.2, 0.25) is 108 Å². The van der Waals surface area contributed by atoms with Gasteiger partial charge in [-0.05, 0) is 191 Å². The van der Waals surface area contributed by atoms with Crippen LogP contribution in [0.1, 0.15) is 227 Å². The van der Waals surface area contributed by atoms with E-state index in [4.69, 9.17) is 82.1 Å². The van der Waals surface area contributed by atoms with Crippen LogP contribution >= 0.6 is 44.2 Å². The molecule has 0 spiro atoms. The highest BCUT2D eigenvalue weighted by molar-refractivity contribution is 7.92. The van der Waals surface area contributed by atoms with E-state index in [0.29, 0.717) is 36.3 Å². The first-order valence-electron chi connectivity index (χ1n) is 42.3. The molecule has 0 saturated carbocycles. The SMILES string of the molecule is CCCC[Si](C)(C)OP(=O)(C(=O)OCC)C(=O)OCC.CCOC(=O)P(=O)(O[Si](C(C)C)(C(C)C)C(C)C)C(=O)OCC.CCOC(=O)P(=O)(O[Si](C)(C)C(C)(C)C)C(=O)OCC.CCOC(=O)P(=O)(O[Si](C)(C)C(C)C)C(=O)OCC.CCOC(=O)P(=O)(O[Si](CC)(CC)C(C)C)C(=O)OCC.CCOC(=O)P(=O)(O[Si](CC)(CC)CC)C(=O)OCC. The Morgan fingerprint density at radius 3 is 0.642 bits per heavy atom. The third-order valence-electron chi connectivity index (χ3n) is 19.3. The predicted octanol–water partition coefficient (Wildman–Crippen LogP) is 28.8. The summed E-state index contributed by atoms with van der Waals surface area (Å²) in [6.07, 6.45) is 1.85. The molecule has 48 heteroatoms. The molecule has 0 aromatic carbocycles. The van der Waals surface area contributed by atoms with Crippen molar-refractivity contribution >= 4 is 163 Å². The Morgan fingerprint density at radius 1 is 0.260 bits per heavy atom. The zero-order valence-corrected chi connectivity index (χ0v) is 92.3. The molecule has 0 saturated heterocycles. The molecule has 36 nitrogen and oxygen atoms in total. The molecule has 0 amide bonds. The normalized spacial score (nSPS) is 12.4. The Balaban J connectivity index is -0.000000334. The Hall–Kier alpha value is -3.92. The molecule has 0 fully saturated rings. The van der Waals surface area contributed by atoms with Gasteiger partial charge in [0.25, 0.3) is 0 Å². The van der Waals surface area contributed by atoms with Gasteiger partial charge < -0.3 is 82.1 Å². The Kier molecular flexibility index (Phi) is 64.2. The summed E-state index contributed by atoms with van der Waals surface area (Å²) in [5.41, 5.74) is -13.0. The summed E-state index contributed by atoms with van der Waals surface area (Å²) in [4.78, 5) is 143. The molecular weight excluding hydrogens is 1830 g/mol. The van der Waals surface area contributed by atoms with Crippen molar-refractivity contribution in [1.29, 1.82) is 0 Å². The minimum Gasteiger partial charge on any atom is -0.458 e. The lowest BCUT2D eigenvalue weighted by atomic mass is 10.2. The van der Waals surface area contributed by atoms with Crippen molar-refractivity contribution in [2.24, 2.45) is 0 Å². The number of hydrogen-bond acceptors (Lipinski definition) is 36. The van der Waals surface area contributed by atoms with Crippen LogP contribution in [-0.2, 0) is 110 Å². The molecular formula is C75H156O36P6Si6. The Bertz CT molecular complexity index is 3380. The fourth-order valence-electron chi connectivity index (χ4n) is 10.6. The number of carbonyl (C=O) groups is 12. The number of unbranched alkanes of at least 4 members (excludes halogenated alkanes) is 1. The van der Waals surface area contributed by atoms with Gasteiger partial charge >= 0.3 is 113 Å². The molecule has 0 unspecified atom stereocenters. The van der Waals surface area contributed by atoms with Gasteiger partial charge in [0, 0.05) is 0 Å². The van der Waals surface area contributed by atoms with E-state index in [9.17, 15) is 84.9 Å². The summed E-state index contributed by atoms with van der Waals surface area (Å²) < 4.78 is 168. The van der Waals surface area contributed by atoms with E-state index < -0.39 is 163 Å². The van der Waals surface area contributed by atoms with E-state index in [0.717, 1.165) is 12.8 Å². The second-order valence-electron chi connectivity index (χ2n) is 31.1. The highest BCUT2D eigenvalue weighted by Crippen LogP contribution is 2.62. The number of carbonyl (C=O) groups excluding carboxylic acids is 12. The van der Waals surface area contributed by atoms with Crippen molar-refractivity contribution in [3.63, 3.8) is 0 Å². The van der Waals surface area contributed by atoms with Crippen LogP contribution < -0.4 is 0 Å². The van der Waals surface area contributed by atoms with Gasteiger partial charge in [0.2, 0.25) is 33.3 Å².